The van der Waals surface area contributed by atoms with E-state index in [-0.39, 0.29) is 0 Å². The molecule has 1 aromatic heterocycles. The molecule has 0 atom stereocenters. The highest BCUT2D eigenvalue weighted by Gasteiger charge is 1.96. The highest BCUT2D eigenvalue weighted by Crippen LogP contribution is 2.14. The molecule has 0 bridgehead atoms. The molecule has 2 aromatic rings. The van der Waals surface area contributed by atoms with Crippen LogP contribution in [0, 0.1) is 13.8 Å². The molecule has 0 aliphatic rings. The number of thiophene rings is 1. The van der Waals surface area contributed by atoms with Crippen molar-refractivity contribution < 1.29 is 4.74 Å². The smallest absolute Gasteiger partial charge is 0.119 e. The van der Waals surface area contributed by atoms with Crippen molar-refractivity contribution in [3.05, 3.63) is 51.7 Å². The van der Waals surface area contributed by atoms with Crippen LogP contribution in [-0.2, 0) is 6.54 Å². The van der Waals surface area contributed by atoms with E-state index in [1.54, 1.807) is 0 Å². The zero-order chi connectivity index (χ0) is 12.8. The summed E-state index contributed by atoms with van der Waals surface area (Å²) >= 11 is 1.84. The standard InChI is InChI=1S/C15H19NOS/c1-12-3-6-14(7-4-12)17-10-9-16-11-15-8-5-13(2)18-15/h3-8,16H,9-11H2,1-2H3. The van der Waals surface area contributed by atoms with Crippen molar-refractivity contribution in [1.29, 1.82) is 0 Å². The fourth-order valence-electron chi connectivity index (χ4n) is 1.67. The minimum atomic E-state index is 0.702. The van der Waals surface area contributed by atoms with E-state index in [1.807, 2.05) is 23.5 Å². The molecule has 1 heterocycles. The molecule has 0 amide bonds. The molecular formula is C15H19NOS. The third-order valence-corrected chi connectivity index (χ3v) is 3.66. The van der Waals surface area contributed by atoms with Gasteiger partial charge < -0.3 is 10.1 Å². The first-order valence-electron chi connectivity index (χ1n) is 6.19. The lowest BCUT2D eigenvalue weighted by atomic mass is 10.2. The van der Waals surface area contributed by atoms with E-state index in [9.17, 15) is 0 Å². The monoisotopic (exact) mass is 261 g/mol. The fourth-order valence-corrected chi connectivity index (χ4v) is 2.53. The van der Waals surface area contributed by atoms with Crippen molar-refractivity contribution in [3.8, 4) is 5.75 Å². The van der Waals surface area contributed by atoms with Crippen LogP contribution in [0.3, 0.4) is 0 Å². The zero-order valence-electron chi connectivity index (χ0n) is 10.9. The minimum Gasteiger partial charge on any atom is -0.492 e. The molecule has 3 heteroatoms. The number of rotatable bonds is 6. The van der Waals surface area contributed by atoms with Crippen LogP contribution >= 0.6 is 11.3 Å². The zero-order valence-corrected chi connectivity index (χ0v) is 11.7. The van der Waals surface area contributed by atoms with Crippen LogP contribution in [0.1, 0.15) is 15.3 Å². The van der Waals surface area contributed by atoms with Crippen molar-refractivity contribution in [1.82, 2.24) is 5.32 Å². The predicted molar refractivity (Wildman–Crippen MR) is 77.4 cm³/mol. The summed E-state index contributed by atoms with van der Waals surface area (Å²) in [5.74, 6) is 0.939. The van der Waals surface area contributed by atoms with Crippen LogP contribution in [0.5, 0.6) is 5.75 Å². The van der Waals surface area contributed by atoms with Gasteiger partial charge in [0, 0.05) is 22.8 Å². The van der Waals surface area contributed by atoms with E-state index in [0.717, 1.165) is 18.8 Å². The number of hydrogen-bond acceptors (Lipinski definition) is 3. The molecule has 0 unspecified atom stereocenters. The highest BCUT2D eigenvalue weighted by atomic mass is 32.1. The molecule has 2 nitrogen and oxygen atoms in total. The van der Waals surface area contributed by atoms with Gasteiger partial charge in [-0.15, -0.1) is 11.3 Å². The molecule has 2 rings (SSSR count). The molecule has 96 valence electrons. The molecule has 0 aliphatic carbocycles. The summed E-state index contributed by atoms with van der Waals surface area (Å²) in [7, 11) is 0. The predicted octanol–water partition coefficient (Wildman–Crippen LogP) is 3.53. The Morgan fingerprint density at radius 3 is 2.50 bits per heavy atom. The van der Waals surface area contributed by atoms with E-state index >= 15 is 0 Å². The van der Waals surface area contributed by atoms with Gasteiger partial charge in [-0.05, 0) is 38.1 Å². The van der Waals surface area contributed by atoms with E-state index in [4.69, 9.17) is 4.74 Å². The Bertz CT molecular complexity index is 475. The Hall–Kier alpha value is -1.32. The summed E-state index contributed by atoms with van der Waals surface area (Å²) in [5.41, 5.74) is 1.26. The Kier molecular flexibility index (Phi) is 4.79. The average Bonchev–Trinajstić information content (AvgIpc) is 2.77. The lowest BCUT2D eigenvalue weighted by Crippen LogP contribution is -2.20. The molecule has 1 aromatic carbocycles. The van der Waals surface area contributed by atoms with Crippen LogP contribution < -0.4 is 10.1 Å². The number of aryl methyl sites for hydroxylation is 2. The van der Waals surface area contributed by atoms with Crippen molar-refractivity contribution in [3.63, 3.8) is 0 Å². The Morgan fingerprint density at radius 1 is 1.06 bits per heavy atom. The first kappa shape index (κ1) is 13.1. The molecule has 0 fully saturated rings. The van der Waals surface area contributed by atoms with E-state index < -0.39 is 0 Å². The van der Waals surface area contributed by atoms with Crippen molar-refractivity contribution in [2.24, 2.45) is 0 Å². The van der Waals surface area contributed by atoms with E-state index in [2.05, 4.69) is 43.4 Å². The molecule has 0 aliphatic heterocycles. The third-order valence-electron chi connectivity index (χ3n) is 2.66. The van der Waals surface area contributed by atoms with E-state index in [1.165, 1.54) is 15.3 Å². The fraction of sp³-hybridized carbons (Fsp3) is 0.333. The Labute approximate surface area is 113 Å². The lowest BCUT2D eigenvalue weighted by molar-refractivity contribution is 0.314. The summed E-state index contributed by atoms with van der Waals surface area (Å²) in [6, 6.07) is 12.5. The SMILES string of the molecule is Cc1ccc(OCCNCc2ccc(C)s2)cc1. The Balaban J connectivity index is 1.63. The molecule has 1 N–H and O–H groups in total. The molecule has 0 saturated carbocycles. The maximum absolute atomic E-state index is 5.65. The van der Waals surface area contributed by atoms with Crippen LogP contribution in [0.4, 0.5) is 0 Å². The Morgan fingerprint density at radius 2 is 1.83 bits per heavy atom. The molecule has 18 heavy (non-hydrogen) atoms. The first-order valence-corrected chi connectivity index (χ1v) is 7.01. The second-order valence-electron chi connectivity index (χ2n) is 4.35. The normalized spacial score (nSPS) is 10.6. The van der Waals surface area contributed by atoms with Gasteiger partial charge in [0.25, 0.3) is 0 Å². The third kappa shape index (κ3) is 4.17. The summed E-state index contributed by atoms with van der Waals surface area (Å²) in [4.78, 5) is 2.74. The average molecular weight is 261 g/mol. The van der Waals surface area contributed by atoms with Gasteiger partial charge in [-0.25, -0.2) is 0 Å². The van der Waals surface area contributed by atoms with Gasteiger partial charge in [0.15, 0.2) is 0 Å². The number of benzene rings is 1. The topological polar surface area (TPSA) is 21.3 Å². The van der Waals surface area contributed by atoms with Gasteiger partial charge >= 0.3 is 0 Å². The first-order chi connectivity index (χ1) is 8.74. The summed E-state index contributed by atoms with van der Waals surface area (Å²) < 4.78 is 5.65. The van der Waals surface area contributed by atoms with Gasteiger partial charge in [0.05, 0.1) is 0 Å². The highest BCUT2D eigenvalue weighted by molar-refractivity contribution is 7.11. The van der Waals surface area contributed by atoms with Crippen molar-refractivity contribution in [2.75, 3.05) is 13.2 Å². The van der Waals surface area contributed by atoms with Crippen LogP contribution in [0.15, 0.2) is 36.4 Å². The van der Waals surface area contributed by atoms with Crippen LogP contribution in [0.2, 0.25) is 0 Å². The maximum atomic E-state index is 5.65. The van der Waals surface area contributed by atoms with Crippen LogP contribution in [0.25, 0.3) is 0 Å². The molecule has 0 radical (unpaired) electrons. The van der Waals surface area contributed by atoms with Gasteiger partial charge in [-0.2, -0.15) is 0 Å². The second-order valence-corrected chi connectivity index (χ2v) is 5.72. The molecule has 0 spiro atoms. The summed E-state index contributed by atoms with van der Waals surface area (Å²) in [6.07, 6.45) is 0. The van der Waals surface area contributed by atoms with Gasteiger partial charge in [-0.1, -0.05) is 17.7 Å². The number of ether oxygens (including phenoxy) is 1. The van der Waals surface area contributed by atoms with Gasteiger partial charge in [0.2, 0.25) is 0 Å². The lowest BCUT2D eigenvalue weighted by Gasteiger charge is -2.07. The van der Waals surface area contributed by atoms with Crippen molar-refractivity contribution >= 4 is 11.3 Å². The maximum Gasteiger partial charge on any atom is 0.119 e. The second kappa shape index (κ2) is 6.57. The van der Waals surface area contributed by atoms with Gasteiger partial charge in [-0.3, -0.25) is 0 Å². The number of nitrogens with one attached hydrogen (secondary N) is 1. The summed E-state index contributed by atoms with van der Waals surface area (Å²) in [5, 5.41) is 3.38. The van der Waals surface area contributed by atoms with E-state index in [0.29, 0.717) is 6.61 Å². The quantitative estimate of drug-likeness (QED) is 0.803. The minimum absolute atomic E-state index is 0.702. The van der Waals surface area contributed by atoms with Crippen LogP contribution in [-0.4, -0.2) is 13.2 Å². The summed E-state index contributed by atoms with van der Waals surface area (Å²) in [6.45, 7) is 6.71. The largest absolute Gasteiger partial charge is 0.492 e. The number of hydrogen-bond donors (Lipinski definition) is 1. The van der Waals surface area contributed by atoms with Gasteiger partial charge in [0.1, 0.15) is 12.4 Å². The molecular weight excluding hydrogens is 242 g/mol. The van der Waals surface area contributed by atoms with Crippen molar-refractivity contribution in [2.45, 2.75) is 20.4 Å². The molecule has 0 saturated heterocycles.